The van der Waals surface area contributed by atoms with E-state index in [9.17, 15) is 38.4 Å². The number of rotatable bonds is 19. The van der Waals surface area contributed by atoms with E-state index in [1.165, 1.54) is 24.0 Å². The minimum Gasteiger partial charge on any atom is -0.457 e. The van der Waals surface area contributed by atoms with Crippen molar-refractivity contribution in [1.29, 1.82) is 0 Å². The van der Waals surface area contributed by atoms with Crippen LogP contribution in [0.1, 0.15) is 79.3 Å². The van der Waals surface area contributed by atoms with Gasteiger partial charge in [-0.2, -0.15) is 0 Å². The Kier molecular flexibility index (Phi) is 14.8. The smallest absolute Gasteiger partial charge is 0.457 e. The fourth-order valence-corrected chi connectivity index (χ4v) is 8.19. The molecule has 352 valence electrons. The Hall–Kier alpha value is -7.41. The Morgan fingerprint density at radius 3 is 2.40 bits per heavy atom. The zero-order chi connectivity index (χ0) is 47.8. The molecule has 7 rings (SSSR count). The molecule has 1 unspecified atom stereocenters. The van der Waals surface area contributed by atoms with Gasteiger partial charge < -0.3 is 43.6 Å². The number of pyridine rings is 2. The van der Waals surface area contributed by atoms with Gasteiger partial charge >= 0.3 is 24.2 Å². The number of hydrogen-bond donors (Lipinski definition) is 2. The van der Waals surface area contributed by atoms with Crippen molar-refractivity contribution in [2.75, 3.05) is 32.9 Å². The van der Waals surface area contributed by atoms with Crippen molar-refractivity contribution in [2.24, 2.45) is 0 Å². The Morgan fingerprint density at radius 1 is 0.910 bits per heavy atom. The van der Waals surface area contributed by atoms with Gasteiger partial charge in [0.2, 0.25) is 11.5 Å². The summed E-state index contributed by atoms with van der Waals surface area (Å²) < 4.78 is 34.3. The summed E-state index contributed by atoms with van der Waals surface area (Å²) in [4.78, 5) is 107. The maximum atomic E-state index is 13.9. The van der Waals surface area contributed by atoms with Gasteiger partial charge in [-0.3, -0.25) is 24.1 Å². The number of carbonyl (C=O) groups excluding carboxylic acids is 7. The molecule has 2 aromatic heterocycles. The highest BCUT2D eigenvalue weighted by Gasteiger charge is 2.51. The average Bonchev–Trinajstić information content (AvgIpc) is 3.83. The number of benzene rings is 2. The Balaban J connectivity index is 0.830. The number of imide groups is 1. The second-order valence-electron chi connectivity index (χ2n) is 16.3. The number of unbranched alkanes of at least 4 members (excludes halogenated alkanes) is 2. The van der Waals surface area contributed by atoms with Crippen LogP contribution >= 0.6 is 0 Å². The summed E-state index contributed by atoms with van der Waals surface area (Å²) >= 11 is 0. The van der Waals surface area contributed by atoms with E-state index < -0.39 is 35.8 Å². The van der Waals surface area contributed by atoms with Gasteiger partial charge in [-0.05, 0) is 87.1 Å². The molecule has 2 aromatic carbocycles. The summed E-state index contributed by atoms with van der Waals surface area (Å²) in [6.07, 6.45) is 2.74. The van der Waals surface area contributed by atoms with Crippen molar-refractivity contribution in [3.8, 4) is 17.1 Å². The molecule has 0 spiro atoms. The largest absolute Gasteiger partial charge is 0.513 e. The maximum absolute atomic E-state index is 13.9. The molecule has 4 amide bonds. The van der Waals surface area contributed by atoms with Gasteiger partial charge in [-0.1, -0.05) is 31.5 Å². The molecular formula is C48H51N5O14. The summed E-state index contributed by atoms with van der Waals surface area (Å²) in [5, 5.41) is 6.09. The molecule has 0 aliphatic carbocycles. The van der Waals surface area contributed by atoms with E-state index in [0.29, 0.717) is 60.3 Å². The maximum Gasteiger partial charge on any atom is 0.513 e. The van der Waals surface area contributed by atoms with Gasteiger partial charge in [0, 0.05) is 48.2 Å². The summed E-state index contributed by atoms with van der Waals surface area (Å²) in [6, 6.07) is 13.3. The minimum atomic E-state index is -1.97. The highest BCUT2D eigenvalue weighted by atomic mass is 16.7. The number of nitrogens with one attached hydrogen (secondary N) is 2. The van der Waals surface area contributed by atoms with E-state index in [1.54, 1.807) is 43.5 Å². The van der Waals surface area contributed by atoms with Crippen LogP contribution in [0, 0.1) is 13.8 Å². The van der Waals surface area contributed by atoms with Crippen molar-refractivity contribution >= 4 is 52.8 Å². The highest BCUT2D eigenvalue weighted by molar-refractivity contribution is 6.12. The molecule has 5 heterocycles. The van der Waals surface area contributed by atoms with Gasteiger partial charge in [-0.15, -0.1) is 0 Å². The Morgan fingerprint density at radius 2 is 1.66 bits per heavy atom. The van der Waals surface area contributed by atoms with Crippen molar-refractivity contribution in [3.63, 3.8) is 0 Å². The molecule has 2 N–H and O–H groups in total. The van der Waals surface area contributed by atoms with Gasteiger partial charge in [0.25, 0.3) is 17.4 Å². The minimum absolute atomic E-state index is 0.0599. The van der Waals surface area contributed by atoms with Crippen LogP contribution in [-0.2, 0) is 73.0 Å². The third kappa shape index (κ3) is 10.7. The first kappa shape index (κ1) is 47.5. The van der Waals surface area contributed by atoms with Crippen LogP contribution in [0.15, 0.2) is 65.5 Å². The quantitative estimate of drug-likeness (QED) is 0.0376. The third-order valence-corrected chi connectivity index (χ3v) is 11.6. The van der Waals surface area contributed by atoms with E-state index >= 15 is 0 Å². The van der Waals surface area contributed by atoms with Crippen LogP contribution in [0.2, 0.25) is 0 Å². The number of esters is 2. The monoisotopic (exact) mass is 921 g/mol. The van der Waals surface area contributed by atoms with Crippen LogP contribution in [0.5, 0.6) is 5.75 Å². The molecule has 0 saturated carbocycles. The van der Waals surface area contributed by atoms with Crippen molar-refractivity contribution in [2.45, 2.75) is 91.2 Å². The zero-order valence-corrected chi connectivity index (χ0v) is 37.6. The zero-order valence-electron chi connectivity index (χ0n) is 37.6. The molecule has 3 aliphatic rings. The molecule has 19 nitrogen and oxygen atoms in total. The summed E-state index contributed by atoms with van der Waals surface area (Å²) in [5.41, 5.74) is 2.35. The second kappa shape index (κ2) is 20.8. The molecule has 0 radical (unpaired) electrons. The summed E-state index contributed by atoms with van der Waals surface area (Å²) in [5.74, 6) is -2.34. The van der Waals surface area contributed by atoms with E-state index in [-0.39, 0.29) is 92.7 Å². The Bertz CT molecular complexity index is 2690. The Labute approximate surface area is 384 Å². The number of cyclic esters (lactones) is 1. The van der Waals surface area contributed by atoms with Crippen molar-refractivity contribution < 1.29 is 62.0 Å². The van der Waals surface area contributed by atoms with E-state index in [0.717, 1.165) is 16.5 Å². The van der Waals surface area contributed by atoms with E-state index in [2.05, 4.69) is 10.6 Å². The number of fused-ring (bicyclic) bond motifs is 5. The summed E-state index contributed by atoms with van der Waals surface area (Å²) in [7, 11) is 0. The molecular weight excluding hydrogens is 871 g/mol. The molecule has 67 heavy (non-hydrogen) atoms. The first-order valence-corrected chi connectivity index (χ1v) is 22.0. The van der Waals surface area contributed by atoms with E-state index in [1.807, 2.05) is 30.3 Å². The molecule has 0 fully saturated rings. The van der Waals surface area contributed by atoms with Gasteiger partial charge in [0.1, 0.15) is 31.6 Å². The fourth-order valence-electron chi connectivity index (χ4n) is 8.19. The standard InChI is InChI=1S/C48H51N5O14/c1-5-48(35-24-37-41-33(23-32-11-8-9-12-36(32)51-41)25-53(37)43(57)34(35)27-64-45(48)59)67-44(58)30(4)50-46(60)65-26-31-21-28(2)42(29(3)22-31)66-47(61)63-20-19-62-18-16-49-38(54)13-7-6-10-17-52-39(55)14-15-40(52)56/h8-9,11-12,14-15,21-24,30H,5-7,10,13,16-20,25-27H2,1-4H3,(H,49,54)(H,50,60)/t30?,48-/m0/s1. The van der Waals surface area contributed by atoms with Crippen LogP contribution < -0.4 is 20.9 Å². The van der Waals surface area contributed by atoms with Crippen LogP contribution in [0.4, 0.5) is 9.59 Å². The number of hydrogen-bond acceptors (Lipinski definition) is 15. The fraction of sp³-hybridized carbons (Fsp3) is 0.396. The lowest BCUT2D eigenvalue weighted by molar-refractivity contribution is -0.190. The predicted octanol–water partition coefficient (Wildman–Crippen LogP) is 4.70. The van der Waals surface area contributed by atoms with Gasteiger partial charge in [0.15, 0.2) is 0 Å². The van der Waals surface area contributed by atoms with Crippen molar-refractivity contribution in [1.82, 2.24) is 25.1 Å². The first-order chi connectivity index (χ1) is 32.2. The topological polar surface area (TPSA) is 237 Å². The molecule has 3 aliphatic heterocycles. The first-order valence-electron chi connectivity index (χ1n) is 22.0. The number of aryl methyl sites for hydroxylation is 2. The normalized spacial score (nSPS) is 16.2. The number of carbonyl (C=O) groups is 7. The molecule has 0 saturated heterocycles. The number of aromatic nitrogens is 2. The van der Waals surface area contributed by atoms with Gasteiger partial charge in [0.05, 0.1) is 42.2 Å². The lowest BCUT2D eigenvalue weighted by Crippen LogP contribution is -2.50. The van der Waals surface area contributed by atoms with Crippen molar-refractivity contribution in [3.05, 3.63) is 104 Å². The van der Waals surface area contributed by atoms with Crippen LogP contribution in [0.3, 0.4) is 0 Å². The predicted molar refractivity (Wildman–Crippen MR) is 237 cm³/mol. The van der Waals surface area contributed by atoms with Crippen LogP contribution in [-0.4, -0.2) is 95.3 Å². The third-order valence-electron chi connectivity index (χ3n) is 11.6. The number of para-hydroxylation sites is 1. The number of nitrogens with zero attached hydrogens (tertiary/aromatic N) is 3. The number of alkyl carbamates (subject to hydrolysis) is 1. The second-order valence-corrected chi connectivity index (χ2v) is 16.3. The average molecular weight is 922 g/mol. The highest BCUT2D eigenvalue weighted by Crippen LogP contribution is 2.41. The summed E-state index contributed by atoms with van der Waals surface area (Å²) in [6.45, 7) is 6.92. The lowest BCUT2D eigenvalue weighted by Gasteiger charge is -2.36. The number of ether oxygens (including phenoxy) is 6. The van der Waals surface area contributed by atoms with E-state index in [4.69, 9.17) is 33.4 Å². The molecule has 4 aromatic rings. The van der Waals surface area contributed by atoms with Gasteiger partial charge in [-0.25, -0.2) is 24.2 Å². The molecule has 19 heteroatoms. The van der Waals surface area contributed by atoms with Crippen LogP contribution in [0.25, 0.3) is 22.3 Å². The lowest BCUT2D eigenvalue weighted by atomic mass is 9.85. The molecule has 2 atom stereocenters. The SMILES string of the molecule is CC[C@@]1(OC(=O)C(C)NC(=O)OCc2cc(C)c(OC(=O)OCCOCCNC(=O)CCCCCN3C(=O)C=CC3=O)c(C)c2)C(=O)OCc2c1cc1n(c2=O)Cc2cc3ccccc3nc2-1. The number of amides is 4. The molecule has 0 bridgehead atoms.